The lowest BCUT2D eigenvalue weighted by atomic mass is 10.2. The molecular weight excluding hydrogens is 226 g/mol. The number of rotatable bonds is 4. The molecule has 4 heteroatoms. The Morgan fingerprint density at radius 1 is 1.33 bits per heavy atom. The molecule has 0 bridgehead atoms. The Kier molecular flexibility index (Phi) is 4.93. The summed E-state index contributed by atoms with van der Waals surface area (Å²) in [6.07, 6.45) is 8.61. The maximum atomic E-state index is 5.86. The first-order chi connectivity index (χ1) is 8.79. The van der Waals surface area contributed by atoms with Crippen LogP contribution in [0.2, 0.25) is 0 Å². The van der Waals surface area contributed by atoms with Gasteiger partial charge >= 0.3 is 0 Å². The highest BCUT2D eigenvalue weighted by Gasteiger charge is 2.18. The van der Waals surface area contributed by atoms with Crippen molar-refractivity contribution in [3.63, 3.8) is 0 Å². The molecule has 2 heterocycles. The maximum absolute atomic E-state index is 5.86. The van der Waals surface area contributed by atoms with Gasteiger partial charge in [0.2, 0.25) is 0 Å². The second-order valence-corrected chi connectivity index (χ2v) is 4.93. The Labute approximate surface area is 109 Å². The third-order valence-electron chi connectivity index (χ3n) is 3.30. The molecule has 1 unspecified atom stereocenters. The number of aromatic nitrogens is 2. The predicted molar refractivity (Wildman–Crippen MR) is 72.9 cm³/mol. The molecule has 4 nitrogen and oxygen atoms in total. The first-order valence-corrected chi connectivity index (χ1v) is 6.95. The van der Waals surface area contributed by atoms with Crippen LogP contribution >= 0.6 is 0 Å². The molecule has 1 fully saturated rings. The van der Waals surface area contributed by atoms with Crippen molar-refractivity contribution in [3.8, 4) is 0 Å². The van der Waals surface area contributed by atoms with Gasteiger partial charge < -0.3 is 9.64 Å². The standard InChI is InChI=1S/C14H23N3O/c1-3-9-18-13-5-4-7-17(8-6-13)14-11-15-10-12(2)16-14/h10-11,13H,3-9H2,1-2H3. The van der Waals surface area contributed by atoms with E-state index in [4.69, 9.17) is 4.74 Å². The van der Waals surface area contributed by atoms with Gasteiger partial charge in [0.25, 0.3) is 0 Å². The molecule has 1 aromatic heterocycles. The zero-order valence-electron chi connectivity index (χ0n) is 11.4. The highest BCUT2D eigenvalue weighted by atomic mass is 16.5. The lowest BCUT2D eigenvalue weighted by Gasteiger charge is -2.21. The Balaban J connectivity index is 1.92. The van der Waals surface area contributed by atoms with Crippen molar-refractivity contribution >= 4 is 5.82 Å². The van der Waals surface area contributed by atoms with E-state index in [1.165, 1.54) is 6.42 Å². The van der Waals surface area contributed by atoms with E-state index in [1.54, 1.807) is 6.20 Å². The number of hydrogen-bond donors (Lipinski definition) is 0. The van der Waals surface area contributed by atoms with E-state index < -0.39 is 0 Å². The van der Waals surface area contributed by atoms with E-state index in [-0.39, 0.29) is 0 Å². The van der Waals surface area contributed by atoms with Crippen molar-refractivity contribution in [2.24, 2.45) is 0 Å². The summed E-state index contributed by atoms with van der Waals surface area (Å²) in [5.74, 6) is 1.01. The van der Waals surface area contributed by atoms with E-state index in [2.05, 4.69) is 21.8 Å². The van der Waals surface area contributed by atoms with Crippen LogP contribution in [0.1, 0.15) is 38.3 Å². The highest BCUT2D eigenvalue weighted by Crippen LogP contribution is 2.19. The normalized spacial score (nSPS) is 20.8. The molecule has 0 amide bonds. The topological polar surface area (TPSA) is 38.2 Å². The van der Waals surface area contributed by atoms with Crippen molar-refractivity contribution in [1.29, 1.82) is 0 Å². The molecule has 0 N–H and O–H groups in total. The fourth-order valence-corrected chi connectivity index (χ4v) is 2.35. The highest BCUT2D eigenvalue weighted by molar-refractivity contribution is 5.36. The average molecular weight is 249 g/mol. The zero-order chi connectivity index (χ0) is 12.8. The van der Waals surface area contributed by atoms with Gasteiger partial charge in [0.05, 0.1) is 18.0 Å². The fraction of sp³-hybridized carbons (Fsp3) is 0.714. The summed E-state index contributed by atoms with van der Waals surface area (Å²) in [4.78, 5) is 11.1. The van der Waals surface area contributed by atoms with Gasteiger partial charge in [-0.1, -0.05) is 6.92 Å². The van der Waals surface area contributed by atoms with Crippen LogP contribution < -0.4 is 4.90 Å². The van der Waals surface area contributed by atoms with Crippen molar-refractivity contribution in [3.05, 3.63) is 18.1 Å². The monoisotopic (exact) mass is 249 g/mol. The molecule has 0 aliphatic carbocycles. The number of hydrogen-bond acceptors (Lipinski definition) is 4. The summed E-state index contributed by atoms with van der Waals surface area (Å²) in [5.41, 5.74) is 0.982. The van der Waals surface area contributed by atoms with Crippen LogP contribution in [0, 0.1) is 6.92 Å². The van der Waals surface area contributed by atoms with Crippen LogP contribution in [0.25, 0.3) is 0 Å². The van der Waals surface area contributed by atoms with Gasteiger partial charge in [-0.3, -0.25) is 4.98 Å². The van der Waals surface area contributed by atoms with Gasteiger partial charge in [-0.05, 0) is 32.6 Å². The van der Waals surface area contributed by atoms with E-state index >= 15 is 0 Å². The molecule has 0 saturated carbocycles. The van der Waals surface area contributed by atoms with Crippen LogP contribution in [-0.2, 0) is 4.74 Å². The molecule has 2 rings (SSSR count). The molecule has 18 heavy (non-hydrogen) atoms. The van der Waals surface area contributed by atoms with Gasteiger partial charge in [0.15, 0.2) is 0 Å². The summed E-state index contributed by atoms with van der Waals surface area (Å²) in [6.45, 7) is 7.11. The average Bonchev–Trinajstić information content (AvgIpc) is 2.62. The Morgan fingerprint density at radius 2 is 2.22 bits per heavy atom. The predicted octanol–water partition coefficient (Wildman–Crippen LogP) is 2.57. The second-order valence-electron chi connectivity index (χ2n) is 4.93. The van der Waals surface area contributed by atoms with Crippen LogP contribution in [0.15, 0.2) is 12.4 Å². The Hall–Kier alpha value is -1.16. The molecule has 1 aromatic rings. The van der Waals surface area contributed by atoms with Crippen molar-refractivity contribution in [2.75, 3.05) is 24.6 Å². The third kappa shape index (κ3) is 3.67. The van der Waals surface area contributed by atoms with Crippen molar-refractivity contribution in [2.45, 2.75) is 45.6 Å². The maximum Gasteiger partial charge on any atom is 0.147 e. The number of nitrogens with zero attached hydrogens (tertiary/aromatic N) is 3. The van der Waals surface area contributed by atoms with Crippen molar-refractivity contribution in [1.82, 2.24) is 9.97 Å². The minimum atomic E-state index is 0.424. The first kappa shape index (κ1) is 13.3. The zero-order valence-corrected chi connectivity index (χ0v) is 11.4. The van der Waals surface area contributed by atoms with E-state index in [0.717, 1.165) is 50.5 Å². The number of anilines is 1. The quantitative estimate of drug-likeness (QED) is 0.822. The summed E-state index contributed by atoms with van der Waals surface area (Å²) in [6, 6.07) is 0. The Bertz CT molecular complexity index is 370. The molecular formula is C14H23N3O. The van der Waals surface area contributed by atoms with Crippen LogP contribution in [0.5, 0.6) is 0 Å². The molecule has 0 aromatic carbocycles. The fourth-order valence-electron chi connectivity index (χ4n) is 2.35. The van der Waals surface area contributed by atoms with Gasteiger partial charge in [-0.2, -0.15) is 0 Å². The Morgan fingerprint density at radius 3 is 3.00 bits per heavy atom. The lowest BCUT2D eigenvalue weighted by molar-refractivity contribution is 0.0461. The van der Waals surface area contributed by atoms with E-state index in [1.807, 2.05) is 13.1 Å². The third-order valence-corrected chi connectivity index (χ3v) is 3.30. The van der Waals surface area contributed by atoms with Gasteiger partial charge in [-0.15, -0.1) is 0 Å². The molecule has 1 atom stereocenters. The summed E-state index contributed by atoms with van der Waals surface area (Å²) in [5, 5.41) is 0. The molecule has 1 aliphatic heterocycles. The number of ether oxygens (including phenoxy) is 1. The lowest BCUT2D eigenvalue weighted by Crippen LogP contribution is -2.26. The van der Waals surface area contributed by atoms with Gasteiger partial charge in [-0.25, -0.2) is 4.98 Å². The van der Waals surface area contributed by atoms with Crippen molar-refractivity contribution < 1.29 is 4.74 Å². The van der Waals surface area contributed by atoms with Crippen LogP contribution in [0.4, 0.5) is 5.82 Å². The van der Waals surface area contributed by atoms with Crippen LogP contribution in [-0.4, -0.2) is 35.8 Å². The largest absolute Gasteiger partial charge is 0.378 e. The minimum absolute atomic E-state index is 0.424. The molecule has 1 aliphatic rings. The molecule has 0 spiro atoms. The summed E-state index contributed by atoms with van der Waals surface area (Å²) < 4.78 is 5.86. The van der Waals surface area contributed by atoms with Gasteiger partial charge in [0, 0.05) is 25.9 Å². The van der Waals surface area contributed by atoms with Gasteiger partial charge in [0.1, 0.15) is 5.82 Å². The molecule has 0 radical (unpaired) electrons. The smallest absolute Gasteiger partial charge is 0.147 e. The summed E-state index contributed by atoms with van der Waals surface area (Å²) >= 11 is 0. The first-order valence-electron chi connectivity index (χ1n) is 6.95. The minimum Gasteiger partial charge on any atom is -0.378 e. The molecule has 1 saturated heterocycles. The van der Waals surface area contributed by atoms with Crippen LogP contribution in [0.3, 0.4) is 0 Å². The second kappa shape index (κ2) is 6.69. The number of aryl methyl sites for hydroxylation is 1. The SMILES string of the molecule is CCCOC1CCCN(c2cncc(C)n2)CC1. The van der Waals surface area contributed by atoms with E-state index in [0.29, 0.717) is 6.10 Å². The van der Waals surface area contributed by atoms with E-state index in [9.17, 15) is 0 Å². The molecule has 100 valence electrons. The summed E-state index contributed by atoms with van der Waals surface area (Å²) in [7, 11) is 0.